The van der Waals surface area contributed by atoms with Gasteiger partial charge in [0.2, 0.25) is 0 Å². The molecule has 3 rings (SSSR count). The molecule has 0 amide bonds. The van der Waals surface area contributed by atoms with E-state index in [0.717, 1.165) is 50.8 Å². The summed E-state index contributed by atoms with van der Waals surface area (Å²) in [5.41, 5.74) is 1.29. The SMILES string of the molecule is c1ccc(Cn2ccnc2CCNC2=NCCCN2)cc1. The highest BCUT2D eigenvalue weighted by Crippen LogP contribution is 2.05. The Balaban J connectivity index is 1.54. The molecule has 0 aliphatic carbocycles. The van der Waals surface area contributed by atoms with E-state index in [1.54, 1.807) is 0 Å². The maximum Gasteiger partial charge on any atom is 0.191 e. The number of imidazole rings is 1. The molecule has 0 radical (unpaired) electrons. The summed E-state index contributed by atoms with van der Waals surface area (Å²) in [6.45, 7) is 3.64. The van der Waals surface area contributed by atoms with Crippen LogP contribution in [-0.2, 0) is 13.0 Å². The summed E-state index contributed by atoms with van der Waals surface area (Å²) in [5.74, 6) is 2.02. The Bertz CT molecular complexity index is 588. The van der Waals surface area contributed by atoms with E-state index in [1.165, 1.54) is 5.56 Å². The zero-order chi connectivity index (χ0) is 14.3. The lowest BCUT2D eigenvalue weighted by molar-refractivity contribution is 0.673. The van der Waals surface area contributed by atoms with Crippen LogP contribution in [0.2, 0.25) is 0 Å². The van der Waals surface area contributed by atoms with E-state index in [4.69, 9.17) is 0 Å². The number of nitrogens with zero attached hydrogens (tertiary/aromatic N) is 3. The molecule has 0 atom stereocenters. The molecule has 0 spiro atoms. The summed E-state index contributed by atoms with van der Waals surface area (Å²) in [6.07, 6.45) is 5.92. The molecule has 0 saturated carbocycles. The van der Waals surface area contributed by atoms with Crippen LogP contribution >= 0.6 is 0 Å². The monoisotopic (exact) mass is 283 g/mol. The van der Waals surface area contributed by atoms with Gasteiger partial charge in [-0.2, -0.15) is 0 Å². The van der Waals surface area contributed by atoms with Crippen molar-refractivity contribution in [1.29, 1.82) is 0 Å². The molecule has 21 heavy (non-hydrogen) atoms. The van der Waals surface area contributed by atoms with Crippen molar-refractivity contribution < 1.29 is 0 Å². The fourth-order valence-corrected chi connectivity index (χ4v) is 2.44. The predicted molar refractivity (Wildman–Crippen MR) is 84.4 cm³/mol. The van der Waals surface area contributed by atoms with Crippen molar-refractivity contribution in [2.45, 2.75) is 19.4 Å². The minimum Gasteiger partial charge on any atom is -0.356 e. The Morgan fingerprint density at radius 2 is 2.14 bits per heavy atom. The van der Waals surface area contributed by atoms with Crippen LogP contribution in [0.25, 0.3) is 0 Å². The van der Waals surface area contributed by atoms with Crippen molar-refractivity contribution in [3.05, 3.63) is 54.1 Å². The van der Waals surface area contributed by atoms with Crippen LogP contribution in [0.1, 0.15) is 17.8 Å². The molecule has 1 aliphatic heterocycles. The van der Waals surface area contributed by atoms with Crippen molar-refractivity contribution in [2.24, 2.45) is 4.99 Å². The highest BCUT2D eigenvalue weighted by atomic mass is 15.2. The van der Waals surface area contributed by atoms with Gasteiger partial charge in [0.25, 0.3) is 0 Å². The number of benzene rings is 1. The van der Waals surface area contributed by atoms with Gasteiger partial charge >= 0.3 is 0 Å². The smallest absolute Gasteiger partial charge is 0.191 e. The molecule has 2 N–H and O–H groups in total. The molecule has 1 aliphatic rings. The van der Waals surface area contributed by atoms with Crippen molar-refractivity contribution in [3.8, 4) is 0 Å². The molecule has 5 heteroatoms. The third-order valence-corrected chi connectivity index (χ3v) is 3.54. The molecule has 2 aromatic rings. The molecule has 1 aromatic heterocycles. The van der Waals surface area contributed by atoms with Gasteiger partial charge < -0.3 is 15.2 Å². The highest BCUT2D eigenvalue weighted by Gasteiger charge is 2.06. The van der Waals surface area contributed by atoms with Gasteiger partial charge in [-0.05, 0) is 12.0 Å². The fourth-order valence-electron chi connectivity index (χ4n) is 2.44. The molecule has 110 valence electrons. The van der Waals surface area contributed by atoms with Crippen LogP contribution in [0.15, 0.2) is 47.7 Å². The molecule has 5 nitrogen and oxygen atoms in total. The van der Waals surface area contributed by atoms with E-state index in [9.17, 15) is 0 Å². The van der Waals surface area contributed by atoms with Crippen LogP contribution in [0, 0.1) is 0 Å². The third-order valence-electron chi connectivity index (χ3n) is 3.54. The first-order valence-electron chi connectivity index (χ1n) is 7.48. The molecule has 0 bridgehead atoms. The number of hydrogen-bond acceptors (Lipinski definition) is 4. The predicted octanol–water partition coefficient (Wildman–Crippen LogP) is 1.41. The molecule has 0 unspecified atom stereocenters. The summed E-state index contributed by atoms with van der Waals surface area (Å²) >= 11 is 0. The van der Waals surface area contributed by atoms with Gasteiger partial charge in [-0.1, -0.05) is 30.3 Å². The van der Waals surface area contributed by atoms with E-state index in [2.05, 4.69) is 49.4 Å². The number of aliphatic imine (C=N–C) groups is 1. The average molecular weight is 283 g/mol. The van der Waals surface area contributed by atoms with Crippen LogP contribution < -0.4 is 10.6 Å². The van der Waals surface area contributed by atoms with Crippen molar-refractivity contribution >= 4 is 5.96 Å². The maximum atomic E-state index is 4.46. The summed E-state index contributed by atoms with van der Waals surface area (Å²) in [7, 11) is 0. The summed E-state index contributed by atoms with van der Waals surface area (Å²) in [4.78, 5) is 8.86. The largest absolute Gasteiger partial charge is 0.356 e. The Labute approximate surface area is 125 Å². The van der Waals surface area contributed by atoms with Crippen molar-refractivity contribution in [3.63, 3.8) is 0 Å². The molecular formula is C16H21N5. The van der Waals surface area contributed by atoms with E-state index in [1.807, 2.05) is 18.5 Å². The lowest BCUT2D eigenvalue weighted by Gasteiger charge is -2.16. The summed E-state index contributed by atoms with van der Waals surface area (Å²) in [6, 6.07) is 10.5. The van der Waals surface area contributed by atoms with Crippen molar-refractivity contribution in [2.75, 3.05) is 19.6 Å². The maximum absolute atomic E-state index is 4.46. The highest BCUT2D eigenvalue weighted by molar-refractivity contribution is 5.80. The lowest BCUT2D eigenvalue weighted by atomic mass is 10.2. The van der Waals surface area contributed by atoms with Gasteiger partial charge in [0, 0.05) is 45.0 Å². The van der Waals surface area contributed by atoms with E-state index in [0.29, 0.717) is 0 Å². The van der Waals surface area contributed by atoms with Gasteiger partial charge in [-0.15, -0.1) is 0 Å². The standard InChI is InChI=1S/C16H21N5/c1-2-5-14(6-3-1)13-21-12-11-17-15(21)7-10-20-16-18-8-4-9-19-16/h1-3,5-6,11-12H,4,7-10,13H2,(H2,18,19,20). The fraction of sp³-hybridized carbons (Fsp3) is 0.375. The van der Waals surface area contributed by atoms with Gasteiger partial charge in [0.1, 0.15) is 5.82 Å². The number of nitrogens with one attached hydrogen (secondary N) is 2. The normalized spacial score (nSPS) is 14.4. The lowest BCUT2D eigenvalue weighted by Crippen LogP contribution is -2.41. The number of rotatable bonds is 5. The Hall–Kier alpha value is -2.30. The number of aromatic nitrogens is 2. The first-order chi connectivity index (χ1) is 10.4. The second-order valence-electron chi connectivity index (χ2n) is 5.14. The van der Waals surface area contributed by atoms with Gasteiger partial charge in [0.15, 0.2) is 5.96 Å². The molecule has 0 fully saturated rings. The van der Waals surface area contributed by atoms with E-state index < -0.39 is 0 Å². The van der Waals surface area contributed by atoms with Crippen LogP contribution in [0.4, 0.5) is 0 Å². The van der Waals surface area contributed by atoms with Crippen molar-refractivity contribution in [1.82, 2.24) is 20.2 Å². The second kappa shape index (κ2) is 6.92. The summed E-state index contributed by atoms with van der Waals surface area (Å²) in [5, 5.41) is 6.60. The molecule has 1 aromatic carbocycles. The number of hydrogen-bond donors (Lipinski definition) is 2. The van der Waals surface area contributed by atoms with E-state index >= 15 is 0 Å². The van der Waals surface area contributed by atoms with Crippen LogP contribution in [-0.4, -0.2) is 35.1 Å². The first kappa shape index (κ1) is 13.7. The molecule has 2 heterocycles. The minimum absolute atomic E-state index is 0.845. The van der Waals surface area contributed by atoms with Crippen LogP contribution in [0.5, 0.6) is 0 Å². The summed E-state index contributed by atoms with van der Waals surface area (Å²) < 4.78 is 2.20. The molecular weight excluding hydrogens is 262 g/mol. The second-order valence-corrected chi connectivity index (χ2v) is 5.14. The Kier molecular flexibility index (Phi) is 4.51. The van der Waals surface area contributed by atoms with Gasteiger partial charge in [-0.3, -0.25) is 4.99 Å². The third kappa shape index (κ3) is 3.84. The zero-order valence-electron chi connectivity index (χ0n) is 12.1. The quantitative estimate of drug-likeness (QED) is 0.872. The molecule has 0 saturated heterocycles. The minimum atomic E-state index is 0.845. The van der Waals surface area contributed by atoms with Gasteiger partial charge in [-0.25, -0.2) is 4.98 Å². The zero-order valence-corrected chi connectivity index (χ0v) is 12.1. The van der Waals surface area contributed by atoms with E-state index in [-0.39, 0.29) is 0 Å². The topological polar surface area (TPSA) is 54.2 Å². The Morgan fingerprint density at radius 3 is 2.95 bits per heavy atom. The number of guanidine groups is 1. The first-order valence-corrected chi connectivity index (χ1v) is 7.48. The Morgan fingerprint density at radius 1 is 1.24 bits per heavy atom. The van der Waals surface area contributed by atoms with Crippen LogP contribution in [0.3, 0.4) is 0 Å². The van der Waals surface area contributed by atoms with Gasteiger partial charge in [0.05, 0.1) is 0 Å². The average Bonchev–Trinajstić information content (AvgIpc) is 2.97.